The topological polar surface area (TPSA) is 35.9 Å². The molecule has 0 radical (unpaired) electrons. The Morgan fingerprint density at radius 3 is 2.45 bits per heavy atom. The third-order valence-corrected chi connectivity index (χ3v) is 7.37. The third kappa shape index (κ3) is 4.18. The first-order valence-corrected chi connectivity index (χ1v) is 11.5. The zero-order chi connectivity index (χ0) is 22.3. The second-order valence-corrected chi connectivity index (χ2v) is 9.13. The second kappa shape index (κ2) is 8.44. The Balaban J connectivity index is 1.73. The molecule has 0 atom stereocenters. The van der Waals surface area contributed by atoms with Gasteiger partial charge < -0.3 is 4.90 Å². The molecule has 10 heteroatoms. The Labute approximate surface area is 191 Å². The number of halogens is 4. The number of carbonyl (C=O) groups excluding carboxylic acids is 1. The van der Waals surface area contributed by atoms with E-state index in [1.54, 1.807) is 6.07 Å². The maximum absolute atomic E-state index is 13.2. The van der Waals surface area contributed by atoms with Crippen molar-refractivity contribution in [2.75, 3.05) is 18.0 Å². The predicted octanol–water partition coefficient (Wildman–Crippen LogP) is 6.74. The van der Waals surface area contributed by atoms with Crippen LogP contribution >= 0.6 is 35.1 Å². The van der Waals surface area contributed by atoms with E-state index in [1.165, 1.54) is 40.6 Å². The quantitative estimate of drug-likeness (QED) is 0.453. The molecule has 0 bridgehead atoms. The first kappa shape index (κ1) is 22.1. The molecule has 0 saturated carbocycles. The maximum Gasteiger partial charge on any atom is 0.416 e. The van der Waals surface area contributed by atoms with Crippen molar-refractivity contribution in [1.82, 2.24) is 4.90 Å². The summed E-state index contributed by atoms with van der Waals surface area (Å²) in [5.74, 6) is -0.210. The Bertz CT molecular complexity index is 1120. The van der Waals surface area contributed by atoms with Gasteiger partial charge in [0.05, 0.1) is 16.9 Å². The fourth-order valence-electron chi connectivity index (χ4n) is 3.30. The lowest BCUT2D eigenvalue weighted by atomic mass is 10.2. The van der Waals surface area contributed by atoms with Crippen LogP contribution in [0.4, 0.5) is 24.5 Å². The number of likely N-dealkylation sites (N-methyl/N-ethyl adjacent to an activating group) is 1. The Morgan fingerprint density at radius 1 is 1.03 bits per heavy atom. The molecule has 2 aromatic rings. The molecule has 4 rings (SSSR count). The lowest BCUT2D eigenvalue weighted by molar-refractivity contribution is -0.137. The molecule has 0 aliphatic carbocycles. The number of benzene rings is 2. The van der Waals surface area contributed by atoms with E-state index in [2.05, 4.69) is 4.99 Å². The molecule has 31 heavy (non-hydrogen) atoms. The van der Waals surface area contributed by atoms with Crippen LogP contribution in [0.1, 0.15) is 19.4 Å². The largest absolute Gasteiger partial charge is 0.416 e. The fourth-order valence-corrected chi connectivity index (χ4v) is 5.90. The summed E-state index contributed by atoms with van der Waals surface area (Å²) in [5, 5.41) is 1.75. The summed E-state index contributed by atoms with van der Waals surface area (Å²) in [6.07, 6.45) is -4.46. The lowest BCUT2D eigenvalue weighted by Gasteiger charge is -2.19. The van der Waals surface area contributed by atoms with Crippen LogP contribution in [0.15, 0.2) is 62.3 Å². The summed E-state index contributed by atoms with van der Waals surface area (Å²) in [5.41, 5.74) is 0.305. The van der Waals surface area contributed by atoms with Crippen LogP contribution in [0.2, 0.25) is 5.02 Å². The van der Waals surface area contributed by atoms with Crippen LogP contribution in [0.25, 0.3) is 0 Å². The SMILES string of the molecule is CCN1C(=O)/C(=C2/Sc3ccc(Cl)cc3N2CC)SC1=Nc1cccc(C(F)(F)F)c1. The summed E-state index contributed by atoms with van der Waals surface area (Å²) in [7, 11) is 0. The number of nitrogens with zero attached hydrogens (tertiary/aromatic N) is 3. The van der Waals surface area contributed by atoms with E-state index in [9.17, 15) is 18.0 Å². The highest BCUT2D eigenvalue weighted by atomic mass is 35.5. The molecule has 1 fully saturated rings. The molecule has 0 N–H and O–H groups in total. The molecule has 2 aromatic carbocycles. The number of hydrogen-bond donors (Lipinski definition) is 0. The molecule has 2 aliphatic heterocycles. The van der Waals surface area contributed by atoms with Crippen molar-refractivity contribution < 1.29 is 18.0 Å². The van der Waals surface area contributed by atoms with Gasteiger partial charge in [-0.1, -0.05) is 29.4 Å². The third-order valence-electron chi connectivity index (χ3n) is 4.75. The van der Waals surface area contributed by atoms with Crippen LogP contribution in [0, 0.1) is 0 Å². The highest BCUT2D eigenvalue weighted by molar-refractivity contribution is 8.19. The smallest absolute Gasteiger partial charge is 0.334 e. The van der Waals surface area contributed by atoms with Crippen molar-refractivity contribution in [2.45, 2.75) is 24.9 Å². The summed E-state index contributed by atoms with van der Waals surface area (Å²) in [6, 6.07) is 10.4. The minimum atomic E-state index is -4.46. The van der Waals surface area contributed by atoms with Crippen molar-refractivity contribution in [3.05, 3.63) is 63.0 Å². The fraction of sp³-hybridized carbons (Fsp3) is 0.238. The molecule has 4 nitrogen and oxygen atoms in total. The van der Waals surface area contributed by atoms with Gasteiger partial charge in [0.1, 0.15) is 9.93 Å². The summed E-state index contributed by atoms with van der Waals surface area (Å²) >= 11 is 8.81. The van der Waals surface area contributed by atoms with Gasteiger partial charge in [-0.2, -0.15) is 13.2 Å². The number of rotatable bonds is 3. The van der Waals surface area contributed by atoms with Crippen molar-refractivity contribution >= 4 is 57.6 Å². The first-order valence-electron chi connectivity index (χ1n) is 9.47. The number of alkyl halides is 3. The molecule has 0 unspecified atom stereocenters. The van der Waals surface area contributed by atoms with Crippen LogP contribution in [0.3, 0.4) is 0 Å². The maximum atomic E-state index is 13.2. The van der Waals surface area contributed by atoms with E-state index in [4.69, 9.17) is 11.6 Å². The van der Waals surface area contributed by atoms with Crippen molar-refractivity contribution in [1.29, 1.82) is 0 Å². The van der Waals surface area contributed by atoms with E-state index in [0.29, 0.717) is 28.2 Å². The standard InChI is InChI=1S/C21H17ClF3N3OS2/c1-3-27-15-11-13(22)8-9-16(15)30-19(27)17-18(29)28(4-2)20(31-17)26-14-7-5-6-12(10-14)21(23,24)25/h5-11H,3-4H2,1-2H3/b19-17-,26-20?. The molecule has 1 saturated heterocycles. The first-order chi connectivity index (χ1) is 14.7. The number of amidine groups is 1. The molecule has 1 amide bonds. The van der Waals surface area contributed by atoms with Crippen LogP contribution in [-0.4, -0.2) is 29.1 Å². The van der Waals surface area contributed by atoms with Gasteiger partial charge in [0, 0.05) is 23.0 Å². The average molecular weight is 484 g/mol. The molecular formula is C21H17ClF3N3OS2. The van der Waals surface area contributed by atoms with Gasteiger partial charge in [-0.3, -0.25) is 9.69 Å². The molecular weight excluding hydrogens is 467 g/mol. The van der Waals surface area contributed by atoms with E-state index in [0.717, 1.165) is 27.7 Å². The Kier molecular flexibility index (Phi) is 6.02. The molecule has 2 aliphatic rings. The highest BCUT2D eigenvalue weighted by Gasteiger charge is 2.39. The summed E-state index contributed by atoms with van der Waals surface area (Å²) < 4.78 is 39.1. The monoisotopic (exact) mass is 483 g/mol. The molecule has 0 spiro atoms. The number of anilines is 1. The normalized spacial score (nSPS) is 20.2. The minimum Gasteiger partial charge on any atom is -0.334 e. The van der Waals surface area contributed by atoms with Crippen molar-refractivity contribution in [3.8, 4) is 0 Å². The molecule has 162 valence electrons. The number of hydrogen-bond acceptors (Lipinski definition) is 5. The van der Waals surface area contributed by atoms with E-state index >= 15 is 0 Å². The number of thioether (sulfide) groups is 2. The summed E-state index contributed by atoms with van der Waals surface area (Å²) in [4.78, 5) is 22.5. The Hall–Kier alpha value is -2.10. The molecule has 0 aromatic heterocycles. The summed E-state index contributed by atoms with van der Waals surface area (Å²) in [6.45, 7) is 4.79. The number of amides is 1. The van der Waals surface area contributed by atoms with Gasteiger partial charge in [-0.05, 0) is 62.0 Å². The average Bonchev–Trinajstić information content (AvgIpc) is 3.23. The van der Waals surface area contributed by atoms with Gasteiger partial charge in [-0.25, -0.2) is 4.99 Å². The van der Waals surface area contributed by atoms with Gasteiger partial charge in [0.25, 0.3) is 5.91 Å². The van der Waals surface area contributed by atoms with E-state index in [1.807, 2.05) is 30.9 Å². The second-order valence-electron chi connectivity index (χ2n) is 6.69. The zero-order valence-corrected chi connectivity index (χ0v) is 18.9. The highest BCUT2D eigenvalue weighted by Crippen LogP contribution is 2.51. The minimum absolute atomic E-state index is 0.149. The van der Waals surface area contributed by atoms with E-state index < -0.39 is 11.7 Å². The van der Waals surface area contributed by atoms with Crippen LogP contribution < -0.4 is 4.90 Å². The predicted molar refractivity (Wildman–Crippen MR) is 121 cm³/mol. The van der Waals surface area contributed by atoms with E-state index in [-0.39, 0.29) is 11.6 Å². The number of fused-ring (bicyclic) bond motifs is 1. The van der Waals surface area contributed by atoms with Gasteiger partial charge in [-0.15, -0.1) is 0 Å². The molecule has 2 heterocycles. The zero-order valence-electron chi connectivity index (χ0n) is 16.5. The van der Waals surface area contributed by atoms with Crippen LogP contribution in [-0.2, 0) is 11.0 Å². The lowest BCUT2D eigenvalue weighted by Crippen LogP contribution is -2.29. The van der Waals surface area contributed by atoms with Crippen molar-refractivity contribution in [2.24, 2.45) is 4.99 Å². The van der Waals surface area contributed by atoms with Crippen LogP contribution in [0.5, 0.6) is 0 Å². The number of aliphatic imine (C=N–C) groups is 1. The number of carbonyl (C=O) groups is 1. The van der Waals surface area contributed by atoms with Gasteiger partial charge >= 0.3 is 6.18 Å². The van der Waals surface area contributed by atoms with Crippen molar-refractivity contribution in [3.63, 3.8) is 0 Å². The van der Waals surface area contributed by atoms with Gasteiger partial charge in [0.2, 0.25) is 0 Å². The van der Waals surface area contributed by atoms with Gasteiger partial charge in [0.15, 0.2) is 5.17 Å². The Morgan fingerprint density at radius 2 is 1.77 bits per heavy atom.